The van der Waals surface area contributed by atoms with Gasteiger partial charge in [-0.3, -0.25) is 19.6 Å². The van der Waals surface area contributed by atoms with Gasteiger partial charge in [-0.25, -0.2) is 9.67 Å². The van der Waals surface area contributed by atoms with Crippen molar-refractivity contribution in [2.45, 2.75) is 26.7 Å². The first-order valence-electron chi connectivity index (χ1n) is 8.97. The zero-order valence-corrected chi connectivity index (χ0v) is 16.3. The predicted molar refractivity (Wildman–Crippen MR) is 110 cm³/mol. The summed E-state index contributed by atoms with van der Waals surface area (Å²) in [7, 11) is 1.80. The molecule has 0 saturated carbocycles. The summed E-state index contributed by atoms with van der Waals surface area (Å²) in [5.41, 5.74) is 2.83. The van der Waals surface area contributed by atoms with Crippen molar-refractivity contribution in [3.05, 3.63) is 85.8 Å². The van der Waals surface area contributed by atoms with Gasteiger partial charge in [-0.2, -0.15) is 0 Å². The third kappa shape index (κ3) is 3.51. The summed E-state index contributed by atoms with van der Waals surface area (Å²) in [5.74, 6) is 0.0424. The lowest BCUT2D eigenvalue weighted by Gasteiger charge is -2.07. The van der Waals surface area contributed by atoms with E-state index in [4.69, 9.17) is 0 Å². The van der Waals surface area contributed by atoms with Crippen LogP contribution in [0.4, 0.5) is 11.4 Å². The van der Waals surface area contributed by atoms with Crippen molar-refractivity contribution in [1.29, 1.82) is 0 Å². The predicted octanol–water partition coefficient (Wildman–Crippen LogP) is 4.27. The smallest absolute Gasteiger partial charge is 0.283 e. The Morgan fingerprint density at radius 1 is 1.14 bits per heavy atom. The molecule has 7 nitrogen and oxygen atoms in total. The average molecular weight is 378 g/mol. The molecule has 2 aromatic carbocycles. The van der Waals surface area contributed by atoms with Crippen LogP contribution in [-0.4, -0.2) is 20.5 Å². The number of hydrogen-bond donors (Lipinski definition) is 0. The number of rotatable bonds is 5. The molecular weight excluding hydrogens is 356 g/mol. The maximum Gasteiger partial charge on any atom is 0.297 e. The molecule has 0 spiro atoms. The molecular formula is C21H22N4O3. The molecule has 7 heteroatoms. The van der Waals surface area contributed by atoms with E-state index in [-0.39, 0.29) is 22.1 Å². The van der Waals surface area contributed by atoms with Crippen LogP contribution >= 0.6 is 0 Å². The second kappa shape index (κ2) is 7.64. The highest BCUT2D eigenvalue weighted by molar-refractivity contribution is 5.83. The largest absolute Gasteiger partial charge is 0.297 e. The van der Waals surface area contributed by atoms with E-state index in [1.807, 2.05) is 51.1 Å². The molecule has 0 atom stereocenters. The van der Waals surface area contributed by atoms with E-state index < -0.39 is 0 Å². The van der Waals surface area contributed by atoms with Crippen molar-refractivity contribution in [2.24, 2.45) is 12.0 Å². The fourth-order valence-electron chi connectivity index (χ4n) is 3.13. The standard InChI is InChI=1S/C21H22N4O3/c1-14(2)18-11-10-16(12-19(18)25(27)28)13-22-20-15(3)23(4)24(21(20)26)17-8-6-5-7-9-17/h5-14H,1-4H3. The molecule has 0 N–H and O–H groups in total. The van der Waals surface area contributed by atoms with Crippen LogP contribution in [0, 0.1) is 17.0 Å². The maximum atomic E-state index is 12.9. The lowest BCUT2D eigenvalue weighted by Crippen LogP contribution is -2.19. The fraction of sp³-hybridized carbons (Fsp3) is 0.238. The second-order valence-electron chi connectivity index (χ2n) is 6.90. The summed E-state index contributed by atoms with van der Waals surface area (Å²) >= 11 is 0. The van der Waals surface area contributed by atoms with Crippen LogP contribution in [0.15, 0.2) is 58.3 Å². The zero-order valence-electron chi connectivity index (χ0n) is 16.3. The minimum absolute atomic E-state index is 0.0424. The van der Waals surface area contributed by atoms with Crippen LogP contribution in [0.2, 0.25) is 0 Å². The Labute approximate surface area is 162 Å². The van der Waals surface area contributed by atoms with Crippen LogP contribution in [0.5, 0.6) is 0 Å². The van der Waals surface area contributed by atoms with Gasteiger partial charge in [0.05, 0.1) is 16.3 Å². The number of hydrogen-bond acceptors (Lipinski definition) is 4. The van der Waals surface area contributed by atoms with Gasteiger partial charge in [-0.05, 0) is 30.5 Å². The molecule has 0 amide bonds. The van der Waals surface area contributed by atoms with Gasteiger partial charge in [0.15, 0.2) is 5.69 Å². The van der Waals surface area contributed by atoms with E-state index >= 15 is 0 Å². The minimum Gasteiger partial charge on any atom is -0.283 e. The van der Waals surface area contributed by atoms with E-state index in [1.54, 1.807) is 28.5 Å². The summed E-state index contributed by atoms with van der Waals surface area (Å²) in [6.45, 7) is 5.64. The number of aliphatic imine (C=N–C) groups is 1. The van der Waals surface area contributed by atoms with Crippen LogP contribution < -0.4 is 5.56 Å². The van der Waals surface area contributed by atoms with E-state index in [9.17, 15) is 14.9 Å². The molecule has 0 radical (unpaired) electrons. The van der Waals surface area contributed by atoms with Crippen molar-refractivity contribution >= 4 is 17.6 Å². The Hall–Kier alpha value is -3.48. The molecule has 0 unspecified atom stereocenters. The minimum atomic E-state index is -0.386. The van der Waals surface area contributed by atoms with Gasteiger partial charge in [-0.15, -0.1) is 0 Å². The van der Waals surface area contributed by atoms with Crippen molar-refractivity contribution < 1.29 is 4.92 Å². The Morgan fingerprint density at radius 3 is 2.43 bits per heavy atom. The summed E-state index contributed by atoms with van der Waals surface area (Å²) in [6.07, 6.45) is 1.50. The van der Waals surface area contributed by atoms with E-state index in [0.29, 0.717) is 22.5 Å². The molecule has 0 fully saturated rings. The van der Waals surface area contributed by atoms with Crippen LogP contribution in [0.1, 0.15) is 36.6 Å². The number of benzene rings is 2. The lowest BCUT2D eigenvalue weighted by molar-refractivity contribution is -0.385. The number of para-hydroxylation sites is 1. The first kappa shape index (κ1) is 19.3. The molecule has 144 valence electrons. The molecule has 0 aliphatic carbocycles. The summed E-state index contributed by atoms with van der Waals surface area (Å²) < 4.78 is 3.29. The van der Waals surface area contributed by atoms with Crippen LogP contribution in [0.25, 0.3) is 5.69 Å². The quantitative estimate of drug-likeness (QED) is 0.378. The number of nitrogens with zero attached hydrogens (tertiary/aromatic N) is 4. The topological polar surface area (TPSA) is 82.4 Å². The van der Waals surface area contributed by atoms with Crippen molar-refractivity contribution in [3.8, 4) is 5.69 Å². The molecule has 3 rings (SSSR count). The van der Waals surface area contributed by atoms with Gasteiger partial charge in [0, 0.05) is 24.9 Å². The molecule has 0 aliphatic heterocycles. The van der Waals surface area contributed by atoms with Gasteiger partial charge in [-0.1, -0.05) is 44.2 Å². The van der Waals surface area contributed by atoms with E-state index in [2.05, 4.69) is 4.99 Å². The third-order valence-corrected chi connectivity index (χ3v) is 4.74. The molecule has 1 heterocycles. The van der Waals surface area contributed by atoms with Crippen LogP contribution in [0.3, 0.4) is 0 Å². The lowest BCUT2D eigenvalue weighted by atomic mass is 9.99. The van der Waals surface area contributed by atoms with E-state index in [1.165, 1.54) is 12.3 Å². The van der Waals surface area contributed by atoms with Crippen LogP contribution in [-0.2, 0) is 7.05 Å². The highest BCUT2D eigenvalue weighted by atomic mass is 16.6. The normalized spacial score (nSPS) is 11.5. The van der Waals surface area contributed by atoms with Gasteiger partial charge < -0.3 is 0 Å². The summed E-state index contributed by atoms with van der Waals surface area (Å²) in [6, 6.07) is 14.3. The first-order chi connectivity index (χ1) is 13.3. The SMILES string of the molecule is Cc1c(N=Cc2ccc(C(C)C)c([N+](=O)[O-])c2)c(=O)n(-c2ccccc2)n1C. The Kier molecular flexibility index (Phi) is 5.26. The van der Waals surface area contributed by atoms with E-state index in [0.717, 1.165) is 5.69 Å². The third-order valence-electron chi connectivity index (χ3n) is 4.74. The molecule has 1 aromatic heterocycles. The highest BCUT2D eigenvalue weighted by Gasteiger charge is 2.17. The van der Waals surface area contributed by atoms with Crippen molar-refractivity contribution in [3.63, 3.8) is 0 Å². The van der Waals surface area contributed by atoms with Crippen molar-refractivity contribution in [1.82, 2.24) is 9.36 Å². The Bertz CT molecular complexity index is 1110. The number of aromatic nitrogens is 2. The maximum absolute atomic E-state index is 12.9. The summed E-state index contributed by atoms with van der Waals surface area (Å²) in [4.78, 5) is 28.2. The highest BCUT2D eigenvalue weighted by Crippen LogP contribution is 2.27. The first-order valence-corrected chi connectivity index (χ1v) is 8.97. The molecule has 0 saturated heterocycles. The molecule has 3 aromatic rings. The Balaban J connectivity index is 2.03. The van der Waals surface area contributed by atoms with Crippen molar-refractivity contribution in [2.75, 3.05) is 0 Å². The molecule has 0 bridgehead atoms. The Morgan fingerprint density at radius 2 is 1.82 bits per heavy atom. The molecule has 0 aliphatic rings. The second-order valence-corrected chi connectivity index (χ2v) is 6.90. The molecule has 28 heavy (non-hydrogen) atoms. The van der Waals surface area contributed by atoms with Gasteiger partial charge in [0.25, 0.3) is 11.2 Å². The summed E-state index contributed by atoms with van der Waals surface area (Å²) in [5, 5.41) is 11.4. The monoisotopic (exact) mass is 378 g/mol. The van der Waals surface area contributed by atoms with Gasteiger partial charge in [0.2, 0.25) is 0 Å². The number of nitro groups is 1. The van der Waals surface area contributed by atoms with Gasteiger partial charge >= 0.3 is 0 Å². The van der Waals surface area contributed by atoms with Gasteiger partial charge in [0.1, 0.15) is 0 Å². The zero-order chi connectivity index (χ0) is 20.4. The average Bonchev–Trinajstić information content (AvgIpc) is 2.89. The number of nitro benzene ring substituents is 1. The fourth-order valence-corrected chi connectivity index (χ4v) is 3.13.